The van der Waals surface area contributed by atoms with Crippen LogP contribution in [0.1, 0.15) is 28.6 Å². The minimum Gasteiger partial charge on any atom is -0.388 e. The van der Waals surface area contributed by atoms with E-state index in [-0.39, 0.29) is 0 Å². The second-order valence-corrected chi connectivity index (χ2v) is 5.91. The van der Waals surface area contributed by atoms with Crippen LogP contribution in [0.4, 0.5) is 0 Å². The van der Waals surface area contributed by atoms with Gasteiger partial charge in [-0.1, -0.05) is 18.2 Å². The first-order valence-corrected chi connectivity index (χ1v) is 7.47. The van der Waals surface area contributed by atoms with Crippen molar-refractivity contribution in [2.24, 2.45) is 0 Å². The number of rotatable bonds is 3. The molecule has 0 amide bonds. The molecule has 102 valence electrons. The Morgan fingerprint density at radius 2 is 2.00 bits per heavy atom. The number of benzene rings is 1. The van der Waals surface area contributed by atoms with Crippen molar-refractivity contribution in [3.05, 3.63) is 58.2 Å². The van der Waals surface area contributed by atoms with Gasteiger partial charge in [0.25, 0.3) is 0 Å². The third-order valence-corrected chi connectivity index (χ3v) is 4.49. The molecule has 4 heteroatoms. The highest BCUT2D eigenvalue weighted by molar-refractivity contribution is 7.17. The molecule has 1 unspecified atom stereocenters. The lowest BCUT2D eigenvalue weighted by atomic mass is 10.00. The summed E-state index contributed by atoms with van der Waals surface area (Å²) in [6, 6.07) is 10.2. The molecule has 0 saturated carbocycles. The number of aliphatic hydroxyl groups is 1. The van der Waals surface area contributed by atoms with Gasteiger partial charge in [0, 0.05) is 16.7 Å². The molecule has 2 aromatic heterocycles. The van der Waals surface area contributed by atoms with Gasteiger partial charge in [-0.15, -0.1) is 11.3 Å². The number of thiophene rings is 1. The summed E-state index contributed by atoms with van der Waals surface area (Å²) in [6.45, 7) is 3.78. The maximum absolute atomic E-state index is 10.5. The van der Waals surface area contributed by atoms with Crippen LogP contribution in [0.5, 0.6) is 0 Å². The number of hydrogen-bond donors (Lipinski definition) is 1. The highest BCUT2D eigenvalue weighted by atomic mass is 32.1. The molecule has 2 heterocycles. The maximum Gasteiger partial charge on any atom is 0.0849 e. The lowest BCUT2D eigenvalue weighted by molar-refractivity contribution is 0.177. The van der Waals surface area contributed by atoms with E-state index in [1.54, 1.807) is 11.3 Å². The summed E-state index contributed by atoms with van der Waals surface area (Å²) >= 11 is 1.72. The van der Waals surface area contributed by atoms with Crippen LogP contribution in [0, 0.1) is 13.8 Å². The van der Waals surface area contributed by atoms with Gasteiger partial charge in [0.2, 0.25) is 0 Å². The molecule has 1 aromatic carbocycles. The predicted molar refractivity (Wildman–Crippen MR) is 82.0 cm³/mol. The van der Waals surface area contributed by atoms with Crippen LogP contribution in [0.2, 0.25) is 0 Å². The predicted octanol–water partition coefficient (Wildman–Crippen LogP) is 3.58. The Bertz CT molecular complexity index is 751. The SMILES string of the molecule is Cc1cc(C(O)Cc2csc3ccccc23)c(C)nn1. The standard InChI is InChI=1S/C16H16N2OS/c1-10-7-14(11(2)18-17-10)15(19)8-12-9-20-16-6-4-3-5-13(12)16/h3-7,9,15,19H,8H2,1-2H3. The summed E-state index contributed by atoms with van der Waals surface area (Å²) in [4.78, 5) is 0. The maximum atomic E-state index is 10.5. The van der Waals surface area contributed by atoms with E-state index in [9.17, 15) is 5.11 Å². The van der Waals surface area contributed by atoms with Gasteiger partial charge < -0.3 is 5.11 Å². The van der Waals surface area contributed by atoms with E-state index in [0.29, 0.717) is 6.42 Å². The number of aliphatic hydroxyl groups excluding tert-OH is 1. The molecule has 1 atom stereocenters. The quantitative estimate of drug-likeness (QED) is 0.799. The van der Waals surface area contributed by atoms with Gasteiger partial charge in [-0.2, -0.15) is 10.2 Å². The molecule has 3 aromatic rings. The van der Waals surface area contributed by atoms with E-state index in [1.807, 2.05) is 32.0 Å². The average molecular weight is 284 g/mol. The van der Waals surface area contributed by atoms with Crippen LogP contribution in [0.15, 0.2) is 35.7 Å². The molecule has 3 rings (SSSR count). The first-order valence-electron chi connectivity index (χ1n) is 6.59. The van der Waals surface area contributed by atoms with Crippen LogP contribution < -0.4 is 0 Å². The molecule has 0 aliphatic rings. The van der Waals surface area contributed by atoms with Gasteiger partial charge in [-0.25, -0.2) is 0 Å². The van der Waals surface area contributed by atoms with Gasteiger partial charge in [0.15, 0.2) is 0 Å². The summed E-state index contributed by atoms with van der Waals surface area (Å²) in [5.41, 5.74) is 3.68. The van der Waals surface area contributed by atoms with Crippen molar-refractivity contribution in [2.75, 3.05) is 0 Å². The van der Waals surface area contributed by atoms with Crippen molar-refractivity contribution in [3.8, 4) is 0 Å². The fourth-order valence-electron chi connectivity index (χ4n) is 2.42. The summed E-state index contributed by atoms with van der Waals surface area (Å²) in [7, 11) is 0. The fraction of sp³-hybridized carbons (Fsp3) is 0.250. The number of aryl methyl sites for hydroxylation is 2. The second-order valence-electron chi connectivity index (χ2n) is 5.00. The van der Waals surface area contributed by atoms with E-state index in [0.717, 1.165) is 17.0 Å². The van der Waals surface area contributed by atoms with Crippen LogP contribution >= 0.6 is 11.3 Å². The zero-order valence-corrected chi connectivity index (χ0v) is 12.3. The third kappa shape index (κ3) is 2.44. The second kappa shape index (κ2) is 5.31. The lowest BCUT2D eigenvalue weighted by Crippen LogP contribution is -2.06. The van der Waals surface area contributed by atoms with E-state index in [4.69, 9.17) is 0 Å². The van der Waals surface area contributed by atoms with Crippen molar-refractivity contribution in [3.63, 3.8) is 0 Å². The smallest absolute Gasteiger partial charge is 0.0849 e. The molecule has 0 aliphatic heterocycles. The lowest BCUT2D eigenvalue weighted by Gasteiger charge is -2.13. The molecule has 0 saturated heterocycles. The largest absolute Gasteiger partial charge is 0.388 e. The summed E-state index contributed by atoms with van der Waals surface area (Å²) in [6.07, 6.45) is 0.0675. The molecular formula is C16H16N2OS. The zero-order valence-electron chi connectivity index (χ0n) is 11.5. The van der Waals surface area contributed by atoms with E-state index in [2.05, 4.69) is 27.7 Å². The number of hydrogen-bond acceptors (Lipinski definition) is 4. The molecule has 0 radical (unpaired) electrons. The zero-order chi connectivity index (χ0) is 14.1. The third-order valence-electron chi connectivity index (χ3n) is 3.47. The molecule has 0 bridgehead atoms. The van der Waals surface area contributed by atoms with Crippen molar-refractivity contribution < 1.29 is 5.11 Å². The fourth-order valence-corrected chi connectivity index (χ4v) is 3.39. The number of aromatic nitrogens is 2. The van der Waals surface area contributed by atoms with Crippen LogP contribution in [0.3, 0.4) is 0 Å². The van der Waals surface area contributed by atoms with E-state index in [1.165, 1.54) is 15.6 Å². The molecule has 3 nitrogen and oxygen atoms in total. The monoisotopic (exact) mass is 284 g/mol. The Morgan fingerprint density at radius 1 is 1.20 bits per heavy atom. The molecular weight excluding hydrogens is 268 g/mol. The molecule has 0 aliphatic carbocycles. The minimum atomic E-state index is -0.540. The van der Waals surface area contributed by atoms with Gasteiger partial charge in [-0.05, 0) is 42.3 Å². The Labute approximate surface area is 121 Å². The first kappa shape index (κ1) is 13.2. The Kier molecular flexibility index (Phi) is 3.51. The highest BCUT2D eigenvalue weighted by Gasteiger charge is 2.15. The van der Waals surface area contributed by atoms with Gasteiger partial charge in [0.05, 0.1) is 17.5 Å². The van der Waals surface area contributed by atoms with E-state index < -0.39 is 6.10 Å². The number of fused-ring (bicyclic) bond motifs is 1. The van der Waals surface area contributed by atoms with Crippen LogP contribution in [0.25, 0.3) is 10.1 Å². The van der Waals surface area contributed by atoms with Crippen LogP contribution in [-0.4, -0.2) is 15.3 Å². The van der Waals surface area contributed by atoms with Crippen LogP contribution in [-0.2, 0) is 6.42 Å². The Hall–Kier alpha value is -1.78. The summed E-state index contributed by atoms with van der Waals surface area (Å²) < 4.78 is 1.26. The normalized spacial score (nSPS) is 12.8. The summed E-state index contributed by atoms with van der Waals surface area (Å²) in [5.74, 6) is 0. The minimum absolute atomic E-state index is 0.540. The molecule has 0 fully saturated rings. The van der Waals surface area contributed by atoms with Crippen molar-refractivity contribution in [1.82, 2.24) is 10.2 Å². The van der Waals surface area contributed by atoms with Crippen molar-refractivity contribution >= 4 is 21.4 Å². The molecule has 1 N–H and O–H groups in total. The molecule has 20 heavy (non-hydrogen) atoms. The Balaban J connectivity index is 1.92. The first-order chi connectivity index (χ1) is 9.65. The summed E-state index contributed by atoms with van der Waals surface area (Å²) in [5, 5.41) is 21.9. The Morgan fingerprint density at radius 3 is 2.85 bits per heavy atom. The van der Waals surface area contributed by atoms with Crippen molar-refractivity contribution in [2.45, 2.75) is 26.4 Å². The average Bonchev–Trinajstić information content (AvgIpc) is 2.85. The van der Waals surface area contributed by atoms with Crippen molar-refractivity contribution in [1.29, 1.82) is 0 Å². The topological polar surface area (TPSA) is 46.0 Å². The van der Waals surface area contributed by atoms with E-state index >= 15 is 0 Å². The van der Waals surface area contributed by atoms with Gasteiger partial charge in [0.1, 0.15) is 0 Å². The number of nitrogens with zero attached hydrogens (tertiary/aromatic N) is 2. The van der Waals surface area contributed by atoms with Gasteiger partial charge in [-0.3, -0.25) is 0 Å². The van der Waals surface area contributed by atoms with Gasteiger partial charge >= 0.3 is 0 Å². The highest BCUT2D eigenvalue weighted by Crippen LogP contribution is 2.30. The molecule has 0 spiro atoms.